The van der Waals surface area contributed by atoms with E-state index in [0.29, 0.717) is 43.7 Å². The lowest BCUT2D eigenvalue weighted by molar-refractivity contribution is -0.142. The Morgan fingerprint density at radius 3 is 2.12 bits per heavy atom. The number of hydrogen-bond acceptors (Lipinski definition) is 3. The monoisotopic (exact) mass is 448 g/mol. The van der Waals surface area contributed by atoms with Crippen molar-refractivity contribution in [2.75, 3.05) is 13.1 Å². The molecule has 0 N–H and O–H groups in total. The number of carbonyl (C=O) groups is 3. The van der Waals surface area contributed by atoms with Gasteiger partial charge in [-0.05, 0) is 42.6 Å². The SMILES string of the molecule is CC.CC1C2C=CC(CCN3C(=O)CC(=O)N(CCC4=CC=CCC=C4)C3=O)=CC12.F.F. The normalized spacial score (nSPS) is 25.5. The Balaban J connectivity index is 0.00000125. The standard InChI is InChI=1S/C23H26N2O3.C2H6.2FH/c1-16-19-9-8-18(14-20(16)19)11-13-25-22(27)15-21(26)24(23(25)28)12-10-17-6-4-2-3-5-7-17;1-2;;/h2,4-9,14,16,19-20H,3,10-13,15H2,1H3;1-2H3;2*1H. The van der Waals surface area contributed by atoms with Crippen molar-refractivity contribution in [3.05, 3.63) is 59.8 Å². The van der Waals surface area contributed by atoms with Crippen LogP contribution in [0.3, 0.4) is 0 Å². The molecule has 1 heterocycles. The lowest BCUT2D eigenvalue weighted by Crippen LogP contribution is -2.55. The summed E-state index contributed by atoms with van der Waals surface area (Å²) >= 11 is 0. The zero-order chi connectivity index (χ0) is 21.7. The molecule has 1 saturated heterocycles. The van der Waals surface area contributed by atoms with Crippen molar-refractivity contribution >= 4 is 17.8 Å². The van der Waals surface area contributed by atoms with E-state index in [2.05, 4.69) is 37.3 Å². The Morgan fingerprint density at radius 2 is 1.50 bits per heavy atom. The Hall–Kier alpha value is -2.83. The minimum Gasteiger partial charge on any atom is -0.274 e. The van der Waals surface area contributed by atoms with Crippen LogP contribution in [-0.2, 0) is 9.59 Å². The second-order valence-electron chi connectivity index (χ2n) is 7.97. The van der Waals surface area contributed by atoms with E-state index in [1.54, 1.807) is 0 Å². The van der Waals surface area contributed by atoms with Crippen LogP contribution in [0.15, 0.2) is 59.8 Å². The first-order chi connectivity index (χ1) is 14.5. The second-order valence-corrected chi connectivity index (χ2v) is 7.97. The molecule has 176 valence electrons. The number of rotatable bonds is 6. The van der Waals surface area contributed by atoms with Gasteiger partial charge in [-0.25, -0.2) is 4.79 Å². The summed E-state index contributed by atoms with van der Waals surface area (Å²) in [6, 6.07) is -0.479. The number of hydrogen-bond donors (Lipinski definition) is 0. The molecule has 4 aliphatic rings. The Morgan fingerprint density at radius 1 is 0.875 bits per heavy atom. The van der Waals surface area contributed by atoms with E-state index in [1.807, 2.05) is 32.1 Å². The molecular weight excluding hydrogens is 414 g/mol. The zero-order valence-corrected chi connectivity index (χ0v) is 19.0. The smallest absolute Gasteiger partial charge is 0.274 e. The van der Waals surface area contributed by atoms with Crippen molar-refractivity contribution < 1.29 is 23.8 Å². The first-order valence-electron chi connectivity index (χ1n) is 11.1. The first-order valence-corrected chi connectivity index (χ1v) is 11.1. The molecule has 4 amide bonds. The van der Waals surface area contributed by atoms with Crippen LogP contribution in [0, 0.1) is 17.8 Å². The van der Waals surface area contributed by atoms with Crippen LogP contribution in [0.4, 0.5) is 14.2 Å². The molecule has 1 saturated carbocycles. The van der Waals surface area contributed by atoms with Gasteiger partial charge in [-0.15, -0.1) is 0 Å². The third kappa shape index (κ3) is 6.11. The van der Waals surface area contributed by atoms with Gasteiger partial charge in [0.2, 0.25) is 11.8 Å². The minimum atomic E-state index is -0.479. The number of amides is 4. The molecule has 32 heavy (non-hydrogen) atoms. The highest BCUT2D eigenvalue weighted by Crippen LogP contribution is 2.50. The fraction of sp³-hybridized carbons (Fsp3) is 0.480. The van der Waals surface area contributed by atoms with E-state index in [9.17, 15) is 14.4 Å². The Bertz CT molecular complexity index is 857. The second kappa shape index (κ2) is 12.3. The van der Waals surface area contributed by atoms with E-state index in [1.165, 1.54) is 15.4 Å². The van der Waals surface area contributed by atoms with E-state index in [-0.39, 0.29) is 21.7 Å². The fourth-order valence-corrected chi connectivity index (χ4v) is 4.19. The fourth-order valence-electron chi connectivity index (χ4n) is 4.19. The third-order valence-electron chi connectivity index (χ3n) is 6.12. The van der Waals surface area contributed by atoms with Gasteiger partial charge in [-0.1, -0.05) is 75.0 Å². The molecule has 0 aromatic rings. The lowest BCUT2D eigenvalue weighted by Gasteiger charge is -2.33. The molecule has 0 aromatic carbocycles. The molecule has 0 radical (unpaired) electrons. The maximum absolute atomic E-state index is 12.8. The predicted octanol–water partition coefficient (Wildman–Crippen LogP) is 5.10. The van der Waals surface area contributed by atoms with Gasteiger partial charge in [0, 0.05) is 13.1 Å². The molecule has 4 rings (SSSR count). The van der Waals surface area contributed by atoms with Crippen molar-refractivity contribution in [1.29, 1.82) is 0 Å². The van der Waals surface area contributed by atoms with E-state index in [0.717, 1.165) is 12.0 Å². The third-order valence-corrected chi connectivity index (χ3v) is 6.12. The molecule has 7 heteroatoms. The Labute approximate surface area is 188 Å². The Kier molecular flexibility index (Phi) is 10.4. The van der Waals surface area contributed by atoms with Crippen LogP contribution in [0.1, 0.15) is 46.5 Å². The lowest BCUT2D eigenvalue weighted by atomic mass is 10.0. The number of carbonyl (C=O) groups excluding carboxylic acids is 3. The van der Waals surface area contributed by atoms with Crippen molar-refractivity contribution in [3.8, 4) is 0 Å². The number of halogens is 2. The van der Waals surface area contributed by atoms with Crippen LogP contribution in [0.2, 0.25) is 0 Å². The van der Waals surface area contributed by atoms with Crippen molar-refractivity contribution in [1.82, 2.24) is 9.80 Å². The van der Waals surface area contributed by atoms with Gasteiger partial charge in [0.25, 0.3) is 0 Å². The summed E-state index contributed by atoms with van der Waals surface area (Å²) in [5.41, 5.74) is 2.25. The van der Waals surface area contributed by atoms with Crippen LogP contribution in [0.25, 0.3) is 0 Å². The summed E-state index contributed by atoms with van der Waals surface area (Å²) < 4.78 is 0. The predicted molar refractivity (Wildman–Crippen MR) is 123 cm³/mol. The van der Waals surface area contributed by atoms with Crippen LogP contribution < -0.4 is 0 Å². The molecule has 5 nitrogen and oxygen atoms in total. The zero-order valence-electron chi connectivity index (χ0n) is 19.0. The molecule has 2 fully saturated rings. The van der Waals surface area contributed by atoms with Gasteiger partial charge in [0.1, 0.15) is 6.42 Å². The highest BCUT2D eigenvalue weighted by molar-refractivity contribution is 6.14. The molecule has 3 aliphatic carbocycles. The molecule has 0 spiro atoms. The summed E-state index contributed by atoms with van der Waals surface area (Å²) in [6.07, 6.45) is 18.6. The summed E-state index contributed by atoms with van der Waals surface area (Å²) in [4.78, 5) is 39.9. The van der Waals surface area contributed by atoms with Crippen molar-refractivity contribution in [2.45, 2.75) is 46.5 Å². The average molecular weight is 449 g/mol. The van der Waals surface area contributed by atoms with Gasteiger partial charge in [0.05, 0.1) is 0 Å². The summed E-state index contributed by atoms with van der Waals surface area (Å²) in [5, 5.41) is 0. The van der Waals surface area contributed by atoms with Gasteiger partial charge in [0.15, 0.2) is 0 Å². The summed E-state index contributed by atoms with van der Waals surface area (Å²) in [5.74, 6) is 1.19. The maximum atomic E-state index is 12.8. The topological polar surface area (TPSA) is 57.7 Å². The number of urea groups is 1. The quantitative estimate of drug-likeness (QED) is 0.531. The number of allylic oxidation sites excluding steroid dienone is 8. The molecule has 0 aromatic heterocycles. The van der Waals surface area contributed by atoms with Crippen LogP contribution in [-0.4, -0.2) is 40.7 Å². The van der Waals surface area contributed by atoms with Gasteiger partial charge in [-0.3, -0.25) is 28.8 Å². The largest absolute Gasteiger partial charge is 0.333 e. The number of barbiturate groups is 1. The minimum absolute atomic E-state index is 0. The summed E-state index contributed by atoms with van der Waals surface area (Å²) in [6.45, 7) is 6.87. The van der Waals surface area contributed by atoms with Gasteiger partial charge >= 0.3 is 6.03 Å². The van der Waals surface area contributed by atoms with Crippen LogP contribution in [0.5, 0.6) is 0 Å². The van der Waals surface area contributed by atoms with Crippen molar-refractivity contribution in [3.63, 3.8) is 0 Å². The number of fused-ring (bicyclic) bond motifs is 1. The average Bonchev–Trinajstić information content (AvgIpc) is 3.46. The first kappa shape index (κ1) is 27.2. The maximum Gasteiger partial charge on any atom is 0.333 e. The van der Waals surface area contributed by atoms with E-state index >= 15 is 0 Å². The van der Waals surface area contributed by atoms with E-state index in [4.69, 9.17) is 0 Å². The number of imide groups is 2. The van der Waals surface area contributed by atoms with Crippen LogP contribution >= 0.6 is 0 Å². The highest BCUT2D eigenvalue weighted by atomic mass is 19.0. The molecular formula is C25H34F2N2O3. The van der Waals surface area contributed by atoms with Crippen molar-refractivity contribution in [2.24, 2.45) is 17.8 Å². The molecule has 3 unspecified atom stereocenters. The van der Waals surface area contributed by atoms with E-state index < -0.39 is 11.9 Å². The highest BCUT2D eigenvalue weighted by Gasteiger charge is 2.44. The van der Waals surface area contributed by atoms with Gasteiger partial charge in [-0.2, -0.15) is 0 Å². The molecule has 0 bridgehead atoms. The molecule has 3 atom stereocenters. The number of nitrogens with zero attached hydrogens (tertiary/aromatic N) is 2. The summed E-state index contributed by atoms with van der Waals surface area (Å²) in [7, 11) is 0. The van der Waals surface area contributed by atoms with Gasteiger partial charge < -0.3 is 0 Å². The molecule has 1 aliphatic heterocycles.